The first-order chi connectivity index (χ1) is 9.17. The van der Waals surface area contributed by atoms with Gasteiger partial charge in [0, 0.05) is 18.7 Å². The molecule has 1 saturated carbocycles. The van der Waals surface area contributed by atoms with Crippen LogP contribution in [0.25, 0.3) is 0 Å². The molecule has 1 aliphatic carbocycles. The first-order valence-electron chi connectivity index (χ1n) is 7.32. The van der Waals surface area contributed by atoms with Gasteiger partial charge in [-0.25, -0.2) is 4.39 Å². The maximum atomic E-state index is 13.2. The second-order valence-corrected chi connectivity index (χ2v) is 6.02. The first-order valence-corrected chi connectivity index (χ1v) is 7.32. The van der Waals surface area contributed by atoms with E-state index in [1.54, 1.807) is 12.1 Å². The highest BCUT2D eigenvalue weighted by atomic mass is 19.1. The molecule has 1 spiro atoms. The highest BCUT2D eigenvalue weighted by molar-refractivity contribution is 5.19. The fraction of sp³-hybridized carbons (Fsp3) is 0.625. The van der Waals surface area contributed by atoms with Crippen molar-refractivity contribution in [1.29, 1.82) is 0 Å². The van der Waals surface area contributed by atoms with Gasteiger partial charge in [-0.1, -0.05) is 12.1 Å². The number of hydrogen-bond acceptors (Lipinski definition) is 2. The van der Waals surface area contributed by atoms with Gasteiger partial charge in [-0.15, -0.1) is 0 Å². The molecule has 1 heterocycles. The maximum Gasteiger partial charge on any atom is 0.123 e. The lowest BCUT2D eigenvalue weighted by Gasteiger charge is -2.47. The molecular weight excluding hydrogens is 241 g/mol. The minimum absolute atomic E-state index is 0.159. The van der Waals surface area contributed by atoms with Gasteiger partial charge in [0.05, 0.1) is 5.60 Å². The van der Waals surface area contributed by atoms with Gasteiger partial charge < -0.3 is 10.1 Å². The SMILES string of the molecule is C[C@H](NC1CCOC2(CCC2)C1)c1cccc(F)c1. The van der Waals surface area contributed by atoms with Crippen molar-refractivity contribution in [2.75, 3.05) is 6.61 Å². The van der Waals surface area contributed by atoms with Crippen LogP contribution >= 0.6 is 0 Å². The summed E-state index contributed by atoms with van der Waals surface area (Å²) in [6.07, 6.45) is 5.87. The number of benzene rings is 1. The largest absolute Gasteiger partial charge is 0.375 e. The zero-order valence-electron chi connectivity index (χ0n) is 11.5. The number of halogens is 1. The Balaban J connectivity index is 1.61. The zero-order valence-corrected chi connectivity index (χ0v) is 11.5. The lowest BCUT2D eigenvalue weighted by molar-refractivity contribution is -0.136. The summed E-state index contributed by atoms with van der Waals surface area (Å²) in [5.74, 6) is -0.159. The third-order valence-corrected chi connectivity index (χ3v) is 4.59. The Bertz CT molecular complexity index is 444. The lowest BCUT2D eigenvalue weighted by atomic mass is 9.74. The molecule has 1 saturated heterocycles. The van der Waals surface area contributed by atoms with E-state index in [4.69, 9.17) is 4.74 Å². The van der Waals surface area contributed by atoms with Gasteiger partial charge in [0.1, 0.15) is 5.82 Å². The number of hydrogen-bond donors (Lipinski definition) is 1. The molecular formula is C16H22FNO. The van der Waals surface area contributed by atoms with E-state index in [0.717, 1.165) is 25.0 Å². The normalized spacial score (nSPS) is 26.9. The quantitative estimate of drug-likeness (QED) is 0.900. The molecule has 1 unspecified atom stereocenters. The van der Waals surface area contributed by atoms with Crippen LogP contribution in [-0.2, 0) is 4.74 Å². The van der Waals surface area contributed by atoms with Crippen LogP contribution in [0.3, 0.4) is 0 Å². The van der Waals surface area contributed by atoms with Gasteiger partial charge in [0.2, 0.25) is 0 Å². The molecule has 0 bridgehead atoms. The van der Waals surface area contributed by atoms with E-state index < -0.39 is 0 Å². The third-order valence-electron chi connectivity index (χ3n) is 4.59. The topological polar surface area (TPSA) is 21.3 Å². The molecule has 2 nitrogen and oxygen atoms in total. The molecule has 19 heavy (non-hydrogen) atoms. The molecule has 1 aromatic rings. The van der Waals surface area contributed by atoms with Gasteiger partial charge in [0.15, 0.2) is 0 Å². The Morgan fingerprint density at radius 1 is 1.42 bits per heavy atom. The van der Waals surface area contributed by atoms with Gasteiger partial charge in [0.25, 0.3) is 0 Å². The number of nitrogens with one attached hydrogen (secondary N) is 1. The Morgan fingerprint density at radius 2 is 2.26 bits per heavy atom. The van der Waals surface area contributed by atoms with Gasteiger partial charge in [-0.2, -0.15) is 0 Å². The lowest BCUT2D eigenvalue weighted by Crippen LogP contribution is -2.51. The summed E-state index contributed by atoms with van der Waals surface area (Å²) in [6, 6.07) is 7.56. The fourth-order valence-electron chi connectivity index (χ4n) is 3.32. The summed E-state index contributed by atoms with van der Waals surface area (Å²) in [6.45, 7) is 2.96. The first kappa shape index (κ1) is 13.1. The number of rotatable bonds is 3. The van der Waals surface area contributed by atoms with E-state index in [2.05, 4.69) is 12.2 Å². The standard InChI is InChI=1S/C16H22FNO/c1-12(13-4-2-5-14(17)10-13)18-15-6-9-19-16(11-15)7-3-8-16/h2,4-5,10,12,15,18H,3,6-9,11H2,1H3/t12-,15?/m0/s1. The highest BCUT2D eigenvalue weighted by Crippen LogP contribution is 2.42. The second-order valence-electron chi connectivity index (χ2n) is 6.02. The van der Waals surface area contributed by atoms with Gasteiger partial charge in [-0.05, 0) is 56.7 Å². The minimum atomic E-state index is -0.159. The summed E-state index contributed by atoms with van der Waals surface area (Å²) in [5, 5.41) is 3.64. The molecule has 1 N–H and O–H groups in total. The van der Waals surface area contributed by atoms with Crippen LogP contribution in [0.2, 0.25) is 0 Å². The third kappa shape index (κ3) is 2.82. The predicted molar refractivity (Wildman–Crippen MR) is 73.5 cm³/mol. The molecule has 1 aromatic carbocycles. The van der Waals surface area contributed by atoms with Crippen molar-refractivity contribution < 1.29 is 9.13 Å². The maximum absolute atomic E-state index is 13.2. The van der Waals surface area contributed by atoms with Gasteiger partial charge in [-0.3, -0.25) is 0 Å². The van der Waals surface area contributed by atoms with Crippen molar-refractivity contribution in [2.24, 2.45) is 0 Å². The van der Waals surface area contributed by atoms with Crippen LogP contribution < -0.4 is 5.32 Å². The molecule has 2 aliphatic rings. The molecule has 2 fully saturated rings. The van der Waals surface area contributed by atoms with E-state index >= 15 is 0 Å². The molecule has 0 aromatic heterocycles. The average Bonchev–Trinajstić information content (AvgIpc) is 2.37. The van der Waals surface area contributed by atoms with E-state index in [1.807, 2.05) is 6.07 Å². The smallest absolute Gasteiger partial charge is 0.123 e. The van der Waals surface area contributed by atoms with Crippen molar-refractivity contribution in [1.82, 2.24) is 5.32 Å². The molecule has 0 amide bonds. The summed E-state index contributed by atoms with van der Waals surface area (Å²) in [7, 11) is 0. The molecule has 2 atom stereocenters. The zero-order chi connectivity index (χ0) is 13.3. The summed E-state index contributed by atoms with van der Waals surface area (Å²) < 4.78 is 19.2. The van der Waals surface area contributed by atoms with Crippen molar-refractivity contribution in [3.8, 4) is 0 Å². The van der Waals surface area contributed by atoms with E-state index in [0.29, 0.717) is 6.04 Å². The molecule has 0 radical (unpaired) electrons. The molecule has 3 heteroatoms. The van der Waals surface area contributed by atoms with Crippen LogP contribution in [0, 0.1) is 5.82 Å². The van der Waals surface area contributed by atoms with E-state index in [-0.39, 0.29) is 17.5 Å². The summed E-state index contributed by atoms with van der Waals surface area (Å²) in [5.41, 5.74) is 1.19. The molecule has 3 rings (SSSR count). The van der Waals surface area contributed by atoms with E-state index in [1.165, 1.54) is 25.3 Å². The average molecular weight is 263 g/mol. The van der Waals surface area contributed by atoms with Crippen molar-refractivity contribution in [3.05, 3.63) is 35.6 Å². The predicted octanol–water partition coefficient (Wildman–Crippen LogP) is 3.58. The van der Waals surface area contributed by atoms with Gasteiger partial charge >= 0.3 is 0 Å². The Kier molecular flexibility index (Phi) is 3.59. The fourth-order valence-corrected chi connectivity index (χ4v) is 3.32. The van der Waals surface area contributed by atoms with Crippen molar-refractivity contribution in [3.63, 3.8) is 0 Å². The van der Waals surface area contributed by atoms with Crippen LogP contribution in [0.5, 0.6) is 0 Å². The van der Waals surface area contributed by atoms with E-state index in [9.17, 15) is 4.39 Å². The van der Waals surface area contributed by atoms with Crippen molar-refractivity contribution >= 4 is 0 Å². The molecule has 1 aliphatic heterocycles. The van der Waals surface area contributed by atoms with Crippen LogP contribution in [-0.4, -0.2) is 18.2 Å². The number of ether oxygens (including phenoxy) is 1. The Labute approximate surface area is 114 Å². The highest BCUT2D eigenvalue weighted by Gasteiger charge is 2.42. The summed E-state index contributed by atoms with van der Waals surface area (Å²) in [4.78, 5) is 0. The van der Waals surface area contributed by atoms with Crippen LogP contribution in [0.1, 0.15) is 50.6 Å². The second kappa shape index (κ2) is 5.22. The van der Waals surface area contributed by atoms with Crippen LogP contribution in [0.15, 0.2) is 24.3 Å². The Morgan fingerprint density at radius 3 is 2.95 bits per heavy atom. The minimum Gasteiger partial charge on any atom is -0.375 e. The van der Waals surface area contributed by atoms with Crippen LogP contribution in [0.4, 0.5) is 4.39 Å². The van der Waals surface area contributed by atoms with Crippen molar-refractivity contribution in [2.45, 2.75) is 56.7 Å². The Hall–Kier alpha value is -0.930. The summed E-state index contributed by atoms with van der Waals surface area (Å²) >= 11 is 0. The monoisotopic (exact) mass is 263 g/mol. The molecule has 104 valence electrons.